The van der Waals surface area contributed by atoms with Gasteiger partial charge >= 0.3 is 12.0 Å². The molecule has 1 heterocycles. The molecule has 0 bridgehead atoms. The minimum Gasteiger partial charge on any atom is -0.462 e. The molecule has 1 aliphatic rings. The third kappa shape index (κ3) is 4.55. The van der Waals surface area contributed by atoms with Crippen LogP contribution in [0.3, 0.4) is 0 Å². The Morgan fingerprint density at radius 2 is 1.79 bits per heavy atom. The third-order valence-corrected chi connectivity index (χ3v) is 4.50. The molecule has 1 fully saturated rings. The van der Waals surface area contributed by atoms with Gasteiger partial charge in [-0.1, -0.05) is 11.6 Å². The zero-order chi connectivity index (χ0) is 21.0. The maximum Gasteiger partial charge on any atom is 0.338 e. The van der Waals surface area contributed by atoms with Gasteiger partial charge in [-0.15, -0.1) is 0 Å². The summed E-state index contributed by atoms with van der Waals surface area (Å²) in [5.41, 5.74) is 1.07. The molecule has 2 aromatic rings. The molecule has 4 amide bonds. The third-order valence-electron chi connectivity index (χ3n) is 4.24. The highest BCUT2D eigenvalue weighted by Gasteiger charge is 2.39. The summed E-state index contributed by atoms with van der Waals surface area (Å²) in [6.07, 6.45) is 0. The second-order valence-electron chi connectivity index (χ2n) is 6.18. The number of anilines is 2. The molecule has 9 heteroatoms. The Bertz CT molecular complexity index is 944. The van der Waals surface area contributed by atoms with Gasteiger partial charge in [0.05, 0.1) is 17.9 Å². The maximum atomic E-state index is 12.8. The number of esters is 1. The number of nitrogens with one attached hydrogen (secondary N) is 2. The SMILES string of the molecule is CCOC(=O)c1ccc(NC(=O)C2CNC(=O)N(c3ccc(Cl)cc3)C2=O)cc1. The molecule has 1 aliphatic heterocycles. The van der Waals surface area contributed by atoms with Gasteiger partial charge in [-0.05, 0) is 55.5 Å². The number of imide groups is 1. The predicted octanol–water partition coefficient (Wildman–Crippen LogP) is 2.83. The molecule has 1 unspecified atom stereocenters. The van der Waals surface area contributed by atoms with E-state index in [1.807, 2.05) is 0 Å². The Balaban J connectivity index is 1.72. The average Bonchev–Trinajstić information content (AvgIpc) is 2.70. The van der Waals surface area contributed by atoms with Crippen LogP contribution in [-0.2, 0) is 14.3 Å². The highest BCUT2D eigenvalue weighted by Crippen LogP contribution is 2.23. The number of urea groups is 1. The van der Waals surface area contributed by atoms with E-state index in [1.54, 1.807) is 19.1 Å². The summed E-state index contributed by atoms with van der Waals surface area (Å²) in [4.78, 5) is 50.1. The van der Waals surface area contributed by atoms with E-state index < -0.39 is 29.7 Å². The van der Waals surface area contributed by atoms with Crippen LogP contribution >= 0.6 is 11.6 Å². The van der Waals surface area contributed by atoms with Crippen molar-refractivity contribution in [1.29, 1.82) is 0 Å². The maximum absolute atomic E-state index is 12.8. The molecule has 0 saturated carbocycles. The van der Waals surface area contributed by atoms with Crippen LogP contribution in [0.5, 0.6) is 0 Å². The normalized spacial score (nSPS) is 16.2. The quantitative estimate of drug-likeness (QED) is 0.577. The number of benzene rings is 2. The number of carbonyl (C=O) groups is 4. The summed E-state index contributed by atoms with van der Waals surface area (Å²) < 4.78 is 4.90. The predicted molar refractivity (Wildman–Crippen MR) is 107 cm³/mol. The van der Waals surface area contributed by atoms with E-state index in [1.165, 1.54) is 36.4 Å². The van der Waals surface area contributed by atoms with Crippen molar-refractivity contribution in [3.63, 3.8) is 0 Å². The van der Waals surface area contributed by atoms with Crippen molar-refractivity contribution in [1.82, 2.24) is 5.32 Å². The lowest BCUT2D eigenvalue weighted by Crippen LogP contribution is -2.58. The summed E-state index contributed by atoms with van der Waals surface area (Å²) >= 11 is 5.84. The summed E-state index contributed by atoms with van der Waals surface area (Å²) in [5.74, 6) is -2.78. The van der Waals surface area contributed by atoms with Crippen molar-refractivity contribution in [2.75, 3.05) is 23.4 Å². The summed E-state index contributed by atoms with van der Waals surface area (Å²) in [5, 5.41) is 5.62. The van der Waals surface area contributed by atoms with E-state index in [9.17, 15) is 19.2 Å². The zero-order valence-corrected chi connectivity index (χ0v) is 16.2. The number of ether oxygens (including phenoxy) is 1. The van der Waals surface area contributed by atoms with Crippen LogP contribution in [0.4, 0.5) is 16.2 Å². The Kier molecular flexibility index (Phi) is 6.13. The van der Waals surface area contributed by atoms with Crippen LogP contribution in [0, 0.1) is 5.92 Å². The Labute approximate surface area is 171 Å². The molecule has 2 aromatic carbocycles. The minimum absolute atomic E-state index is 0.117. The highest BCUT2D eigenvalue weighted by atomic mass is 35.5. The summed E-state index contributed by atoms with van der Waals surface area (Å²) in [6, 6.07) is 11.6. The van der Waals surface area contributed by atoms with Gasteiger partial charge in [0, 0.05) is 17.3 Å². The highest BCUT2D eigenvalue weighted by molar-refractivity contribution is 6.30. The van der Waals surface area contributed by atoms with Crippen LogP contribution in [0.2, 0.25) is 5.02 Å². The van der Waals surface area contributed by atoms with Crippen LogP contribution < -0.4 is 15.5 Å². The number of hydrogen-bond acceptors (Lipinski definition) is 5. The van der Waals surface area contributed by atoms with E-state index >= 15 is 0 Å². The van der Waals surface area contributed by atoms with Crippen molar-refractivity contribution >= 4 is 46.8 Å². The van der Waals surface area contributed by atoms with E-state index in [0.29, 0.717) is 22.0 Å². The zero-order valence-electron chi connectivity index (χ0n) is 15.5. The molecule has 29 heavy (non-hydrogen) atoms. The van der Waals surface area contributed by atoms with Gasteiger partial charge in [-0.25, -0.2) is 14.5 Å². The van der Waals surface area contributed by atoms with E-state index in [0.717, 1.165) is 4.90 Å². The fourth-order valence-electron chi connectivity index (χ4n) is 2.78. The fraction of sp³-hybridized carbons (Fsp3) is 0.200. The fourth-order valence-corrected chi connectivity index (χ4v) is 2.91. The molecule has 0 aromatic heterocycles. The van der Waals surface area contributed by atoms with Crippen LogP contribution in [0.1, 0.15) is 17.3 Å². The Hall–Kier alpha value is -3.39. The molecule has 0 aliphatic carbocycles. The number of amides is 4. The molecular weight excluding hydrogens is 398 g/mol. The van der Waals surface area contributed by atoms with Gasteiger partial charge in [0.1, 0.15) is 5.92 Å². The Morgan fingerprint density at radius 1 is 1.14 bits per heavy atom. The topological polar surface area (TPSA) is 105 Å². The molecule has 3 rings (SSSR count). The van der Waals surface area contributed by atoms with Gasteiger partial charge in [-0.2, -0.15) is 0 Å². The molecule has 0 spiro atoms. The molecular formula is C20H18ClN3O5. The molecule has 1 saturated heterocycles. The van der Waals surface area contributed by atoms with Crippen molar-refractivity contribution in [3.05, 3.63) is 59.1 Å². The second kappa shape index (κ2) is 8.74. The van der Waals surface area contributed by atoms with Gasteiger partial charge in [0.15, 0.2) is 0 Å². The monoisotopic (exact) mass is 415 g/mol. The lowest BCUT2D eigenvalue weighted by Gasteiger charge is -2.30. The second-order valence-corrected chi connectivity index (χ2v) is 6.61. The number of halogens is 1. The molecule has 1 atom stereocenters. The molecule has 0 radical (unpaired) electrons. The van der Waals surface area contributed by atoms with Gasteiger partial charge in [-0.3, -0.25) is 9.59 Å². The van der Waals surface area contributed by atoms with Crippen LogP contribution in [-0.4, -0.2) is 37.0 Å². The first-order valence-corrected chi connectivity index (χ1v) is 9.24. The minimum atomic E-state index is -1.10. The summed E-state index contributed by atoms with van der Waals surface area (Å²) in [6.45, 7) is 1.85. The van der Waals surface area contributed by atoms with E-state index in [-0.39, 0.29) is 13.2 Å². The van der Waals surface area contributed by atoms with E-state index in [4.69, 9.17) is 16.3 Å². The lowest BCUT2D eigenvalue weighted by atomic mass is 10.0. The van der Waals surface area contributed by atoms with Gasteiger partial charge in [0.25, 0.3) is 0 Å². The van der Waals surface area contributed by atoms with Gasteiger partial charge < -0.3 is 15.4 Å². The first-order chi connectivity index (χ1) is 13.9. The Morgan fingerprint density at radius 3 is 2.41 bits per heavy atom. The smallest absolute Gasteiger partial charge is 0.338 e. The standard InChI is InChI=1S/C20H18ClN3O5/c1-2-29-19(27)12-3-7-14(8-4-12)23-17(25)16-11-22-20(28)24(18(16)26)15-9-5-13(21)6-10-15/h3-10,16H,2,11H2,1H3,(H,22,28)(H,23,25). The molecule has 150 valence electrons. The van der Waals surface area contributed by atoms with E-state index in [2.05, 4.69) is 10.6 Å². The van der Waals surface area contributed by atoms with Crippen LogP contribution in [0.25, 0.3) is 0 Å². The van der Waals surface area contributed by atoms with Crippen LogP contribution in [0.15, 0.2) is 48.5 Å². The first-order valence-electron chi connectivity index (χ1n) is 8.86. The summed E-state index contributed by atoms with van der Waals surface area (Å²) in [7, 11) is 0. The van der Waals surface area contributed by atoms with Crippen molar-refractivity contribution < 1.29 is 23.9 Å². The van der Waals surface area contributed by atoms with Crippen molar-refractivity contribution in [3.8, 4) is 0 Å². The van der Waals surface area contributed by atoms with Crippen molar-refractivity contribution in [2.45, 2.75) is 6.92 Å². The number of nitrogens with zero attached hydrogens (tertiary/aromatic N) is 1. The van der Waals surface area contributed by atoms with Gasteiger partial charge in [0.2, 0.25) is 11.8 Å². The average molecular weight is 416 g/mol. The first kappa shape index (κ1) is 20.3. The number of carbonyl (C=O) groups excluding carboxylic acids is 4. The molecule has 2 N–H and O–H groups in total. The largest absolute Gasteiger partial charge is 0.462 e. The molecule has 8 nitrogen and oxygen atoms in total. The number of hydrogen-bond donors (Lipinski definition) is 2. The number of rotatable bonds is 5. The van der Waals surface area contributed by atoms with Crippen molar-refractivity contribution in [2.24, 2.45) is 5.92 Å². The lowest BCUT2D eigenvalue weighted by molar-refractivity contribution is -0.130.